The largest absolute Gasteiger partial charge is 0.472 e. The number of carbonyl (C=O) groups is 2. The Morgan fingerprint density at radius 3 is 1.29 bits per heavy atom. The fourth-order valence-electron chi connectivity index (χ4n) is 8.73. The number of ether oxygens (including phenoxy) is 1. The molecule has 10 heteroatoms. The van der Waals surface area contributed by atoms with Crippen molar-refractivity contribution in [1.29, 1.82) is 0 Å². The summed E-state index contributed by atoms with van der Waals surface area (Å²) in [5, 5.41) is 3.05. The highest BCUT2D eigenvalue weighted by molar-refractivity contribution is 7.47. The number of esters is 1. The van der Waals surface area contributed by atoms with Crippen LogP contribution in [0.25, 0.3) is 0 Å². The van der Waals surface area contributed by atoms with E-state index in [4.69, 9.17) is 13.8 Å². The van der Waals surface area contributed by atoms with Crippen LogP contribution in [-0.2, 0) is 27.9 Å². The molecular weight excluding hydrogens is 916 g/mol. The van der Waals surface area contributed by atoms with Crippen LogP contribution in [0, 0.1) is 0 Å². The molecule has 1 amide bonds. The smallest absolute Gasteiger partial charge is 0.456 e. The Morgan fingerprint density at radius 1 is 0.486 bits per heavy atom. The van der Waals surface area contributed by atoms with Gasteiger partial charge in [-0.25, -0.2) is 4.57 Å². The summed E-state index contributed by atoms with van der Waals surface area (Å²) in [6.07, 6.45) is 63.8. The number of hydrogen-bond acceptors (Lipinski definition) is 6. The van der Waals surface area contributed by atoms with Gasteiger partial charge in [0.15, 0.2) is 0 Å². The van der Waals surface area contributed by atoms with E-state index in [0.717, 1.165) is 96.3 Å². The van der Waals surface area contributed by atoms with Crippen LogP contribution in [0.5, 0.6) is 0 Å². The number of phosphoric ester groups is 1. The molecule has 422 valence electrons. The molecule has 3 atom stereocenters. The highest BCUT2D eigenvalue weighted by Crippen LogP contribution is 2.43. The summed E-state index contributed by atoms with van der Waals surface area (Å²) in [5.41, 5.74) is 0. The Hall–Kier alpha value is -2.03. The van der Waals surface area contributed by atoms with E-state index < -0.39 is 20.0 Å². The summed E-state index contributed by atoms with van der Waals surface area (Å²) in [6.45, 7) is 6.99. The maximum atomic E-state index is 13.5. The second-order valence-electron chi connectivity index (χ2n) is 21.9. The Balaban J connectivity index is 5.34. The number of quaternary nitrogens is 1. The molecule has 0 spiro atoms. The van der Waals surface area contributed by atoms with Gasteiger partial charge in [0, 0.05) is 12.8 Å². The van der Waals surface area contributed by atoms with Crippen molar-refractivity contribution < 1.29 is 37.3 Å². The van der Waals surface area contributed by atoms with E-state index in [1.54, 1.807) is 0 Å². The molecule has 0 aliphatic rings. The maximum Gasteiger partial charge on any atom is 0.472 e. The van der Waals surface area contributed by atoms with Gasteiger partial charge in [-0.15, -0.1) is 0 Å². The van der Waals surface area contributed by atoms with E-state index in [-0.39, 0.29) is 31.5 Å². The number of nitrogens with one attached hydrogen (secondary N) is 1. The standard InChI is InChI=1S/C62H117N2O7P/c1-7-10-13-16-19-22-25-28-30-32-34-37-40-43-46-49-52-55-62(66)71-60(53-50-47-44-41-38-35-27-24-21-18-15-12-9-3)59(58-70-72(67,68)69-57-56-64(4,5)6)63-61(65)54-51-48-45-42-39-36-33-31-29-26-23-20-17-14-11-8-2/h19,22,28,30-31,33,50,53,59-60H,7-18,20-21,23-27,29,32,34-49,51-52,54-58H2,1-6H3,(H-,63,65,67,68)/p+1/b22-19-,30-28-,33-31+,53-50+. The van der Waals surface area contributed by atoms with E-state index in [1.807, 2.05) is 33.3 Å². The van der Waals surface area contributed by atoms with E-state index in [2.05, 4.69) is 62.5 Å². The summed E-state index contributed by atoms with van der Waals surface area (Å²) in [4.78, 5) is 37.7. The zero-order valence-electron chi connectivity index (χ0n) is 48.2. The molecule has 0 fully saturated rings. The lowest BCUT2D eigenvalue weighted by Crippen LogP contribution is -2.47. The molecule has 0 aromatic carbocycles. The number of unbranched alkanes of at least 4 members (excludes halogenated alkanes) is 33. The average Bonchev–Trinajstić information content (AvgIpc) is 3.34. The molecule has 0 heterocycles. The predicted octanol–water partition coefficient (Wildman–Crippen LogP) is 18.5. The van der Waals surface area contributed by atoms with Gasteiger partial charge in [0.25, 0.3) is 0 Å². The number of amides is 1. The summed E-state index contributed by atoms with van der Waals surface area (Å²) in [5.74, 6) is -0.517. The Morgan fingerprint density at radius 2 is 0.847 bits per heavy atom. The van der Waals surface area contributed by atoms with Crippen LogP contribution in [0.4, 0.5) is 0 Å². The Bertz CT molecular complexity index is 1380. The lowest BCUT2D eigenvalue weighted by Gasteiger charge is -2.27. The summed E-state index contributed by atoms with van der Waals surface area (Å²) < 4.78 is 30.7. The van der Waals surface area contributed by atoms with Gasteiger partial charge in [0.2, 0.25) is 5.91 Å². The number of rotatable bonds is 55. The Kier molecular flexibility index (Phi) is 50.9. The summed E-state index contributed by atoms with van der Waals surface area (Å²) in [6, 6.07) is -0.854. The predicted molar refractivity (Wildman–Crippen MR) is 309 cm³/mol. The van der Waals surface area contributed by atoms with Crippen LogP contribution in [0.1, 0.15) is 284 Å². The van der Waals surface area contributed by atoms with Gasteiger partial charge in [-0.05, 0) is 89.5 Å². The number of phosphoric acid groups is 1. The summed E-state index contributed by atoms with van der Waals surface area (Å²) in [7, 11) is 1.49. The van der Waals surface area contributed by atoms with Crippen LogP contribution >= 0.6 is 7.82 Å². The lowest BCUT2D eigenvalue weighted by atomic mass is 10.0. The quantitative estimate of drug-likeness (QED) is 0.0205. The molecule has 0 radical (unpaired) electrons. The average molecular weight is 1030 g/mol. The highest BCUT2D eigenvalue weighted by atomic mass is 31.2. The van der Waals surface area contributed by atoms with E-state index in [0.29, 0.717) is 17.4 Å². The van der Waals surface area contributed by atoms with Crippen molar-refractivity contribution in [3.8, 4) is 0 Å². The van der Waals surface area contributed by atoms with Crippen molar-refractivity contribution in [3.63, 3.8) is 0 Å². The van der Waals surface area contributed by atoms with Crippen molar-refractivity contribution in [2.24, 2.45) is 0 Å². The number of carbonyl (C=O) groups excluding carboxylic acids is 2. The van der Waals surface area contributed by atoms with Crippen LogP contribution in [0.2, 0.25) is 0 Å². The van der Waals surface area contributed by atoms with E-state index >= 15 is 0 Å². The first kappa shape index (κ1) is 70.0. The molecule has 0 aromatic rings. The first-order valence-corrected chi connectivity index (χ1v) is 32.0. The molecule has 0 saturated heterocycles. The zero-order chi connectivity index (χ0) is 52.9. The molecule has 9 nitrogen and oxygen atoms in total. The van der Waals surface area contributed by atoms with Gasteiger partial charge >= 0.3 is 13.8 Å². The number of nitrogens with zero attached hydrogens (tertiary/aromatic N) is 1. The molecule has 0 aliphatic carbocycles. The monoisotopic (exact) mass is 1030 g/mol. The zero-order valence-corrected chi connectivity index (χ0v) is 49.1. The lowest BCUT2D eigenvalue weighted by molar-refractivity contribution is -0.870. The van der Waals surface area contributed by atoms with Gasteiger partial charge in [-0.2, -0.15) is 0 Å². The number of allylic oxidation sites excluding steroid dienone is 7. The maximum absolute atomic E-state index is 13.5. The third kappa shape index (κ3) is 52.8. The third-order valence-corrected chi connectivity index (χ3v) is 14.5. The third-order valence-electron chi connectivity index (χ3n) is 13.5. The van der Waals surface area contributed by atoms with Gasteiger partial charge in [0.05, 0.1) is 33.8 Å². The van der Waals surface area contributed by atoms with Crippen molar-refractivity contribution in [3.05, 3.63) is 48.6 Å². The van der Waals surface area contributed by atoms with E-state index in [9.17, 15) is 19.0 Å². The van der Waals surface area contributed by atoms with Crippen molar-refractivity contribution in [2.75, 3.05) is 40.9 Å². The normalized spacial score (nSPS) is 14.0. The second-order valence-corrected chi connectivity index (χ2v) is 23.3. The van der Waals surface area contributed by atoms with Gasteiger partial charge in [-0.3, -0.25) is 18.6 Å². The van der Waals surface area contributed by atoms with Crippen LogP contribution in [-0.4, -0.2) is 74.3 Å². The molecular formula is C62H118N2O7P+. The topological polar surface area (TPSA) is 111 Å². The second kappa shape index (κ2) is 52.4. The molecule has 2 N–H and O–H groups in total. The molecule has 0 bridgehead atoms. The molecule has 0 saturated carbocycles. The fraction of sp³-hybridized carbons (Fsp3) is 0.839. The first-order valence-electron chi connectivity index (χ1n) is 30.5. The van der Waals surface area contributed by atoms with Gasteiger partial charge < -0.3 is 19.4 Å². The first-order chi connectivity index (χ1) is 34.9. The molecule has 0 aliphatic heterocycles. The molecule has 3 unspecified atom stereocenters. The van der Waals surface area contributed by atoms with E-state index in [1.165, 1.54) is 154 Å². The minimum absolute atomic E-state index is 0.0375. The Labute approximate surface area is 446 Å². The van der Waals surface area contributed by atoms with Crippen molar-refractivity contribution in [2.45, 2.75) is 296 Å². The minimum atomic E-state index is -4.45. The molecule has 0 rings (SSSR count). The van der Waals surface area contributed by atoms with Gasteiger partial charge in [0.1, 0.15) is 19.3 Å². The summed E-state index contributed by atoms with van der Waals surface area (Å²) >= 11 is 0. The van der Waals surface area contributed by atoms with Crippen LogP contribution in [0.3, 0.4) is 0 Å². The SMILES string of the molecule is CCCCC/C=C\C/C=C\CCCCCCCCCC(=O)OC(/C=C/CCCCCCCCCCCCC)C(COP(=O)(O)OCC[N+](C)(C)C)NC(=O)CCCCCCC/C=C/CCCCCCCCC. The van der Waals surface area contributed by atoms with Crippen molar-refractivity contribution >= 4 is 19.7 Å². The van der Waals surface area contributed by atoms with Gasteiger partial charge in [-0.1, -0.05) is 230 Å². The fourth-order valence-corrected chi connectivity index (χ4v) is 9.47. The highest BCUT2D eigenvalue weighted by Gasteiger charge is 2.30. The van der Waals surface area contributed by atoms with Crippen LogP contribution in [0.15, 0.2) is 48.6 Å². The van der Waals surface area contributed by atoms with Crippen LogP contribution < -0.4 is 5.32 Å². The molecule has 72 heavy (non-hydrogen) atoms. The number of hydrogen-bond donors (Lipinski definition) is 2. The minimum Gasteiger partial charge on any atom is -0.456 e. The number of likely N-dealkylation sites (N-methyl/N-ethyl adjacent to an activating group) is 1. The molecule has 0 aromatic heterocycles. The van der Waals surface area contributed by atoms with Crippen molar-refractivity contribution in [1.82, 2.24) is 5.32 Å².